The van der Waals surface area contributed by atoms with Crippen molar-refractivity contribution in [1.82, 2.24) is 0 Å². The average Bonchev–Trinajstić information content (AvgIpc) is 2.38. The zero-order valence-electron chi connectivity index (χ0n) is 12.1. The molecule has 0 heterocycles. The summed E-state index contributed by atoms with van der Waals surface area (Å²) in [5, 5.41) is 0. The molecule has 0 aliphatic rings. The Kier molecular flexibility index (Phi) is 5.77. The number of carbonyl (C=O) groups excluding carboxylic acids is 1. The average molecular weight is 363 g/mol. The molecule has 20 heavy (non-hydrogen) atoms. The first-order valence-electron chi connectivity index (χ1n) is 6.38. The van der Waals surface area contributed by atoms with Gasteiger partial charge in [0.15, 0.2) is 9.84 Å². The molecule has 4 nitrogen and oxygen atoms in total. The summed E-state index contributed by atoms with van der Waals surface area (Å²) in [6, 6.07) is 3.12. The van der Waals surface area contributed by atoms with E-state index in [-0.39, 0.29) is 16.4 Å². The zero-order chi connectivity index (χ0) is 15.5. The number of hydrogen-bond acceptors (Lipinski definition) is 4. The van der Waals surface area contributed by atoms with Gasteiger partial charge in [-0.25, -0.2) is 13.2 Å². The van der Waals surface area contributed by atoms with Crippen LogP contribution in [0.25, 0.3) is 0 Å². The van der Waals surface area contributed by atoms with Gasteiger partial charge in [-0.15, -0.1) is 0 Å². The molecule has 1 aromatic carbocycles. The number of benzene rings is 1. The molecule has 0 unspecified atom stereocenters. The van der Waals surface area contributed by atoms with Crippen LogP contribution >= 0.6 is 15.9 Å². The van der Waals surface area contributed by atoms with E-state index in [1.54, 1.807) is 6.07 Å². The monoisotopic (exact) mass is 362 g/mol. The second-order valence-electron chi connectivity index (χ2n) is 4.65. The van der Waals surface area contributed by atoms with E-state index in [4.69, 9.17) is 0 Å². The highest BCUT2D eigenvalue weighted by Gasteiger charge is 2.23. The molecule has 0 aromatic heterocycles. The summed E-state index contributed by atoms with van der Waals surface area (Å²) in [5.74, 6) is -0.416. The third-order valence-electron chi connectivity index (χ3n) is 3.33. The lowest BCUT2D eigenvalue weighted by atomic mass is 9.93. The SMILES string of the molecule is CCC(CC)c1cc(Br)c(C(=O)OC)cc1S(C)(=O)=O. The second kappa shape index (κ2) is 6.72. The van der Waals surface area contributed by atoms with Crippen molar-refractivity contribution in [1.29, 1.82) is 0 Å². The Labute approximate surface area is 128 Å². The summed E-state index contributed by atoms with van der Waals surface area (Å²) in [4.78, 5) is 11.9. The maximum absolute atomic E-state index is 12.0. The van der Waals surface area contributed by atoms with Gasteiger partial charge in [0.05, 0.1) is 17.6 Å². The molecule has 0 radical (unpaired) electrons. The van der Waals surface area contributed by atoms with Crippen LogP contribution in [0.1, 0.15) is 48.5 Å². The van der Waals surface area contributed by atoms with Crippen LogP contribution in [0.4, 0.5) is 0 Å². The van der Waals surface area contributed by atoms with Crippen LogP contribution in [0.15, 0.2) is 21.5 Å². The summed E-state index contributed by atoms with van der Waals surface area (Å²) < 4.78 is 29.2. The van der Waals surface area contributed by atoms with Crippen LogP contribution in [0.5, 0.6) is 0 Å². The number of halogens is 1. The van der Waals surface area contributed by atoms with Crippen LogP contribution in [0, 0.1) is 0 Å². The highest BCUT2D eigenvalue weighted by atomic mass is 79.9. The lowest BCUT2D eigenvalue weighted by molar-refractivity contribution is 0.0599. The number of sulfone groups is 1. The number of ether oxygens (including phenoxy) is 1. The van der Waals surface area contributed by atoms with Gasteiger partial charge in [0.2, 0.25) is 0 Å². The van der Waals surface area contributed by atoms with E-state index in [2.05, 4.69) is 20.7 Å². The lowest BCUT2D eigenvalue weighted by Gasteiger charge is -2.18. The Hall–Kier alpha value is -0.880. The quantitative estimate of drug-likeness (QED) is 0.751. The third-order valence-corrected chi connectivity index (χ3v) is 5.14. The van der Waals surface area contributed by atoms with Crippen molar-refractivity contribution in [3.63, 3.8) is 0 Å². The molecule has 1 aromatic rings. The van der Waals surface area contributed by atoms with Gasteiger partial charge < -0.3 is 4.74 Å². The Morgan fingerprint density at radius 3 is 2.25 bits per heavy atom. The zero-order valence-corrected chi connectivity index (χ0v) is 14.5. The summed E-state index contributed by atoms with van der Waals surface area (Å²) in [7, 11) is -2.14. The van der Waals surface area contributed by atoms with Crippen molar-refractivity contribution >= 4 is 31.7 Å². The van der Waals surface area contributed by atoms with Gasteiger partial charge in [-0.05, 0) is 52.4 Å². The van der Waals surface area contributed by atoms with Crippen molar-refractivity contribution in [2.45, 2.75) is 37.5 Å². The molecule has 0 aliphatic carbocycles. The normalized spacial score (nSPS) is 11.7. The number of methoxy groups -OCH3 is 1. The molecule has 0 atom stereocenters. The molecular weight excluding hydrogens is 344 g/mol. The standard InChI is InChI=1S/C14H19BrO4S/c1-5-9(6-2)10-7-12(15)11(14(16)19-3)8-13(10)20(4,17)18/h7-9H,5-6H2,1-4H3. The first-order chi connectivity index (χ1) is 9.26. The minimum atomic E-state index is -3.41. The van der Waals surface area contributed by atoms with Gasteiger partial charge in [0.25, 0.3) is 0 Å². The molecule has 6 heteroatoms. The van der Waals surface area contributed by atoms with Gasteiger partial charge in [0.1, 0.15) is 0 Å². The summed E-state index contributed by atoms with van der Waals surface area (Å²) in [5.41, 5.74) is 0.972. The fraction of sp³-hybridized carbons (Fsp3) is 0.500. The predicted molar refractivity (Wildman–Crippen MR) is 81.9 cm³/mol. The molecule has 0 spiro atoms. The van der Waals surface area contributed by atoms with E-state index >= 15 is 0 Å². The Morgan fingerprint density at radius 1 is 1.30 bits per heavy atom. The molecule has 1 rings (SSSR count). The molecule has 0 saturated carbocycles. The highest BCUT2D eigenvalue weighted by Crippen LogP contribution is 2.34. The van der Waals surface area contributed by atoms with Crippen LogP contribution in [-0.4, -0.2) is 27.8 Å². The number of esters is 1. The molecule has 0 aliphatic heterocycles. The Morgan fingerprint density at radius 2 is 1.85 bits per heavy atom. The van der Waals surface area contributed by atoms with Crippen LogP contribution in [-0.2, 0) is 14.6 Å². The van der Waals surface area contributed by atoms with Gasteiger partial charge in [-0.3, -0.25) is 0 Å². The minimum Gasteiger partial charge on any atom is -0.465 e. The number of rotatable bonds is 5. The summed E-state index contributed by atoms with van der Waals surface area (Å²) >= 11 is 3.32. The summed E-state index contributed by atoms with van der Waals surface area (Å²) in [6.45, 7) is 4.03. The van der Waals surface area contributed by atoms with Crippen molar-refractivity contribution in [2.75, 3.05) is 13.4 Å². The fourth-order valence-electron chi connectivity index (χ4n) is 2.20. The maximum atomic E-state index is 12.0. The van der Waals surface area contributed by atoms with Crippen LogP contribution in [0.3, 0.4) is 0 Å². The smallest absolute Gasteiger partial charge is 0.339 e. The minimum absolute atomic E-state index is 0.141. The van der Waals surface area contributed by atoms with Crippen LogP contribution in [0.2, 0.25) is 0 Å². The van der Waals surface area contributed by atoms with Crippen molar-refractivity contribution < 1.29 is 17.9 Å². The maximum Gasteiger partial charge on any atom is 0.339 e. The van der Waals surface area contributed by atoms with E-state index in [1.807, 2.05) is 13.8 Å². The Bertz CT molecular complexity index is 604. The van der Waals surface area contributed by atoms with Crippen molar-refractivity contribution in [2.24, 2.45) is 0 Å². The molecule has 0 N–H and O–H groups in total. The van der Waals surface area contributed by atoms with Gasteiger partial charge in [0, 0.05) is 10.7 Å². The predicted octanol–water partition coefficient (Wildman–Crippen LogP) is 3.54. The van der Waals surface area contributed by atoms with Gasteiger partial charge >= 0.3 is 5.97 Å². The van der Waals surface area contributed by atoms with E-state index in [0.29, 0.717) is 4.47 Å². The Balaban J connectivity index is 3.61. The van der Waals surface area contributed by atoms with Crippen molar-refractivity contribution in [3.8, 4) is 0 Å². The molecule has 0 saturated heterocycles. The van der Waals surface area contributed by atoms with E-state index in [9.17, 15) is 13.2 Å². The number of hydrogen-bond donors (Lipinski definition) is 0. The largest absolute Gasteiger partial charge is 0.465 e. The van der Waals surface area contributed by atoms with Gasteiger partial charge in [-0.2, -0.15) is 0 Å². The van der Waals surface area contributed by atoms with E-state index in [1.165, 1.54) is 13.2 Å². The third kappa shape index (κ3) is 3.61. The van der Waals surface area contributed by atoms with E-state index < -0.39 is 15.8 Å². The highest BCUT2D eigenvalue weighted by molar-refractivity contribution is 9.10. The lowest BCUT2D eigenvalue weighted by Crippen LogP contribution is -2.11. The number of carbonyl (C=O) groups is 1. The van der Waals surface area contributed by atoms with E-state index in [0.717, 1.165) is 24.7 Å². The summed E-state index contributed by atoms with van der Waals surface area (Å²) in [6.07, 6.45) is 2.83. The van der Waals surface area contributed by atoms with Crippen LogP contribution < -0.4 is 0 Å². The molecule has 0 bridgehead atoms. The molecule has 0 fully saturated rings. The molecular formula is C14H19BrO4S. The van der Waals surface area contributed by atoms with Gasteiger partial charge in [-0.1, -0.05) is 13.8 Å². The molecule has 0 amide bonds. The first-order valence-corrected chi connectivity index (χ1v) is 9.06. The van der Waals surface area contributed by atoms with Crippen molar-refractivity contribution in [3.05, 3.63) is 27.7 Å². The fourth-order valence-corrected chi connectivity index (χ4v) is 3.71. The second-order valence-corrected chi connectivity index (χ2v) is 7.49. The topological polar surface area (TPSA) is 60.4 Å². The first kappa shape index (κ1) is 17.2. The molecule has 112 valence electrons.